The van der Waals surface area contributed by atoms with E-state index in [9.17, 15) is 0 Å². The maximum absolute atomic E-state index is 8.68. The van der Waals surface area contributed by atoms with Gasteiger partial charge in [-0.1, -0.05) is 27.2 Å². The fourth-order valence-corrected chi connectivity index (χ4v) is 0.928. The average molecular weight is 130 g/mol. The Labute approximate surface area is 58.1 Å². The van der Waals surface area contributed by atoms with Gasteiger partial charge in [0.15, 0.2) is 0 Å². The van der Waals surface area contributed by atoms with Crippen molar-refractivity contribution in [2.24, 2.45) is 11.8 Å². The first-order valence-corrected chi connectivity index (χ1v) is 3.81. The van der Waals surface area contributed by atoms with Gasteiger partial charge in [-0.25, -0.2) is 0 Å². The molecule has 1 nitrogen and oxygen atoms in total. The first-order chi connectivity index (χ1) is 4.20. The van der Waals surface area contributed by atoms with E-state index in [1.807, 2.05) is 0 Å². The number of aliphatic hydroxyl groups is 1. The minimum atomic E-state index is 0.338. The van der Waals surface area contributed by atoms with Gasteiger partial charge in [0.2, 0.25) is 0 Å². The Morgan fingerprint density at radius 2 is 1.78 bits per heavy atom. The topological polar surface area (TPSA) is 20.2 Å². The molecule has 0 rings (SSSR count). The SMILES string of the molecule is CC[C@@H](C)C[C@@H](C)CO. The van der Waals surface area contributed by atoms with Gasteiger partial charge in [-0.15, -0.1) is 0 Å². The third-order valence-electron chi connectivity index (χ3n) is 1.81. The molecule has 0 aliphatic rings. The van der Waals surface area contributed by atoms with Crippen LogP contribution in [0.1, 0.15) is 33.6 Å². The molecule has 0 aromatic rings. The van der Waals surface area contributed by atoms with Gasteiger partial charge < -0.3 is 5.11 Å². The normalized spacial score (nSPS) is 17.3. The van der Waals surface area contributed by atoms with Crippen molar-refractivity contribution in [1.82, 2.24) is 0 Å². The smallest absolute Gasteiger partial charge is 0.0456 e. The van der Waals surface area contributed by atoms with E-state index in [0.29, 0.717) is 12.5 Å². The summed E-state index contributed by atoms with van der Waals surface area (Å²) in [4.78, 5) is 0. The summed E-state index contributed by atoms with van der Waals surface area (Å²) in [5.41, 5.74) is 0. The van der Waals surface area contributed by atoms with Crippen LogP contribution >= 0.6 is 0 Å². The Morgan fingerprint density at radius 1 is 1.22 bits per heavy atom. The van der Waals surface area contributed by atoms with Crippen molar-refractivity contribution in [2.45, 2.75) is 33.6 Å². The molecule has 0 spiro atoms. The van der Waals surface area contributed by atoms with E-state index >= 15 is 0 Å². The van der Waals surface area contributed by atoms with Crippen LogP contribution in [0.25, 0.3) is 0 Å². The summed E-state index contributed by atoms with van der Waals surface area (Å²) >= 11 is 0. The monoisotopic (exact) mass is 130 g/mol. The van der Waals surface area contributed by atoms with Gasteiger partial charge in [0.1, 0.15) is 0 Å². The minimum Gasteiger partial charge on any atom is -0.396 e. The second-order valence-electron chi connectivity index (χ2n) is 3.04. The van der Waals surface area contributed by atoms with Crippen LogP contribution in [-0.2, 0) is 0 Å². The van der Waals surface area contributed by atoms with E-state index in [1.54, 1.807) is 0 Å². The van der Waals surface area contributed by atoms with Crippen LogP contribution in [0, 0.1) is 11.8 Å². The molecule has 0 fully saturated rings. The van der Waals surface area contributed by atoms with Crippen LogP contribution < -0.4 is 0 Å². The first-order valence-electron chi connectivity index (χ1n) is 3.81. The molecule has 0 aliphatic heterocycles. The van der Waals surface area contributed by atoms with Crippen molar-refractivity contribution in [3.63, 3.8) is 0 Å². The highest BCUT2D eigenvalue weighted by atomic mass is 16.3. The molecule has 0 unspecified atom stereocenters. The van der Waals surface area contributed by atoms with Gasteiger partial charge in [0.05, 0.1) is 0 Å². The molecule has 0 aliphatic carbocycles. The Morgan fingerprint density at radius 3 is 2.11 bits per heavy atom. The molecule has 9 heavy (non-hydrogen) atoms. The van der Waals surface area contributed by atoms with Crippen LogP contribution in [0.15, 0.2) is 0 Å². The molecule has 0 saturated heterocycles. The van der Waals surface area contributed by atoms with E-state index in [0.717, 1.165) is 12.3 Å². The highest BCUT2D eigenvalue weighted by Crippen LogP contribution is 2.13. The summed E-state index contributed by atoms with van der Waals surface area (Å²) in [5.74, 6) is 1.26. The zero-order valence-electron chi connectivity index (χ0n) is 6.72. The fourth-order valence-electron chi connectivity index (χ4n) is 0.928. The lowest BCUT2D eigenvalue weighted by Crippen LogP contribution is -2.05. The minimum absolute atomic E-state index is 0.338. The van der Waals surface area contributed by atoms with E-state index < -0.39 is 0 Å². The molecule has 1 N–H and O–H groups in total. The molecule has 0 aromatic heterocycles. The van der Waals surface area contributed by atoms with Crippen molar-refractivity contribution >= 4 is 0 Å². The highest BCUT2D eigenvalue weighted by molar-refractivity contribution is 4.55. The molecule has 0 radical (unpaired) electrons. The quantitative estimate of drug-likeness (QED) is 0.617. The molecule has 56 valence electrons. The first kappa shape index (κ1) is 8.96. The van der Waals surface area contributed by atoms with Crippen molar-refractivity contribution in [2.75, 3.05) is 6.61 Å². The summed E-state index contributed by atoms with van der Waals surface area (Å²) in [6.45, 7) is 6.84. The van der Waals surface area contributed by atoms with Crippen LogP contribution in [0.3, 0.4) is 0 Å². The predicted molar refractivity (Wildman–Crippen MR) is 40.3 cm³/mol. The van der Waals surface area contributed by atoms with E-state index in [2.05, 4.69) is 20.8 Å². The number of rotatable bonds is 4. The number of hydrogen-bond donors (Lipinski definition) is 1. The molecule has 0 saturated carbocycles. The van der Waals surface area contributed by atoms with Crippen LogP contribution in [0.2, 0.25) is 0 Å². The highest BCUT2D eigenvalue weighted by Gasteiger charge is 2.04. The zero-order valence-corrected chi connectivity index (χ0v) is 6.72. The van der Waals surface area contributed by atoms with Gasteiger partial charge in [-0.05, 0) is 18.3 Å². The summed E-state index contributed by atoms with van der Waals surface area (Å²) in [7, 11) is 0. The molecular formula is C8H18O. The summed E-state index contributed by atoms with van der Waals surface area (Å²) in [6.07, 6.45) is 2.39. The maximum atomic E-state index is 8.68. The number of aliphatic hydroxyl groups excluding tert-OH is 1. The Balaban J connectivity index is 3.22. The van der Waals surface area contributed by atoms with Crippen molar-refractivity contribution in [3.8, 4) is 0 Å². The van der Waals surface area contributed by atoms with E-state index in [-0.39, 0.29) is 0 Å². The molecule has 0 heterocycles. The van der Waals surface area contributed by atoms with E-state index in [4.69, 9.17) is 5.11 Å². The summed E-state index contributed by atoms with van der Waals surface area (Å²) < 4.78 is 0. The average Bonchev–Trinajstić information content (AvgIpc) is 1.87. The third kappa shape index (κ3) is 4.46. The standard InChI is InChI=1S/C8H18O/c1-4-7(2)5-8(3)6-9/h7-9H,4-6H2,1-3H3/t7-,8-/m1/s1. The van der Waals surface area contributed by atoms with Gasteiger partial charge >= 0.3 is 0 Å². The van der Waals surface area contributed by atoms with Crippen molar-refractivity contribution in [3.05, 3.63) is 0 Å². The van der Waals surface area contributed by atoms with Gasteiger partial charge in [0, 0.05) is 6.61 Å². The lowest BCUT2D eigenvalue weighted by molar-refractivity contribution is 0.214. The molecule has 1 heteroatoms. The summed E-state index contributed by atoms with van der Waals surface area (Å²) in [6, 6.07) is 0. The zero-order chi connectivity index (χ0) is 7.28. The van der Waals surface area contributed by atoms with Gasteiger partial charge in [-0.2, -0.15) is 0 Å². The Kier molecular flexibility index (Phi) is 4.78. The van der Waals surface area contributed by atoms with Gasteiger partial charge in [0.25, 0.3) is 0 Å². The largest absolute Gasteiger partial charge is 0.396 e. The van der Waals surface area contributed by atoms with E-state index in [1.165, 1.54) is 6.42 Å². The lowest BCUT2D eigenvalue weighted by Gasteiger charge is -2.12. The van der Waals surface area contributed by atoms with Crippen LogP contribution in [0.4, 0.5) is 0 Å². The lowest BCUT2D eigenvalue weighted by atomic mass is 9.96. The molecular weight excluding hydrogens is 112 g/mol. The molecule has 2 atom stereocenters. The van der Waals surface area contributed by atoms with Crippen LogP contribution in [-0.4, -0.2) is 11.7 Å². The van der Waals surface area contributed by atoms with Crippen molar-refractivity contribution < 1.29 is 5.11 Å². The third-order valence-corrected chi connectivity index (χ3v) is 1.81. The molecule has 0 amide bonds. The fraction of sp³-hybridized carbons (Fsp3) is 1.00. The molecule has 0 bridgehead atoms. The van der Waals surface area contributed by atoms with Crippen molar-refractivity contribution in [1.29, 1.82) is 0 Å². The van der Waals surface area contributed by atoms with Gasteiger partial charge in [-0.3, -0.25) is 0 Å². The Bertz CT molecular complexity index is 53.6. The second-order valence-corrected chi connectivity index (χ2v) is 3.04. The van der Waals surface area contributed by atoms with Crippen LogP contribution in [0.5, 0.6) is 0 Å². The Hall–Kier alpha value is -0.0400. The predicted octanol–water partition coefficient (Wildman–Crippen LogP) is 2.05. The molecule has 0 aromatic carbocycles. The second kappa shape index (κ2) is 4.80. The summed E-state index contributed by atoms with van der Waals surface area (Å²) in [5, 5.41) is 8.68. The number of hydrogen-bond acceptors (Lipinski definition) is 1. The maximum Gasteiger partial charge on any atom is 0.0456 e.